The maximum absolute atomic E-state index is 10.5. The van der Waals surface area contributed by atoms with E-state index < -0.39 is 6.10 Å². The lowest BCUT2D eigenvalue weighted by molar-refractivity contribution is 0.218. The number of hydrogen-bond donors (Lipinski definition) is 1. The first-order valence-corrected chi connectivity index (χ1v) is 6.27. The van der Waals surface area contributed by atoms with Crippen LogP contribution in [-0.2, 0) is 0 Å². The number of ether oxygens (including phenoxy) is 1. The summed E-state index contributed by atoms with van der Waals surface area (Å²) in [6, 6.07) is 5.95. The number of pyridine rings is 1. The first kappa shape index (κ1) is 13.6. The Morgan fingerprint density at radius 1 is 1.00 bits per heavy atom. The highest BCUT2D eigenvalue weighted by atomic mass is 16.5. The standard InChI is InChI=1S/C16H19NO2/c1-10-5-12(3)15(6-11(10)2)16(18)13-7-14(19-4)9-17-8-13/h5-9,16,18H,1-4H3. The Morgan fingerprint density at radius 2 is 1.68 bits per heavy atom. The van der Waals surface area contributed by atoms with Gasteiger partial charge in [0.2, 0.25) is 0 Å². The van der Waals surface area contributed by atoms with Crippen LogP contribution in [0.4, 0.5) is 0 Å². The zero-order valence-electron chi connectivity index (χ0n) is 11.8. The number of nitrogens with zero attached hydrogens (tertiary/aromatic N) is 1. The Labute approximate surface area is 113 Å². The molecule has 1 N–H and O–H groups in total. The van der Waals surface area contributed by atoms with Crippen molar-refractivity contribution in [2.45, 2.75) is 26.9 Å². The molecule has 0 fully saturated rings. The number of aromatic nitrogens is 1. The van der Waals surface area contributed by atoms with Gasteiger partial charge >= 0.3 is 0 Å². The summed E-state index contributed by atoms with van der Waals surface area (Å²) in [5, 5.41) is 10.5. The van der Waals surface area contributed by atoms with Crippen molar-refractivity contribution >= 4 is 0 Å². The molecule has 0 aliphatic heterocycles. The van der Waals surface area contributed by atoms with Gasteiger partial charge in [-0.15, -0.1) is 0 Å². The third-order valence-electron chi connectivity index (χ3n) is 3.46. The molecular weight excluding hydrogens is 238 g/mol. The van der Waals surface area contributed by atoms with Gasteiger partial charge in [0.05, 0.1) is 13.3 Å². The van der Waals surface area contributed by atoms with E-state index in [1.54, 1.807) is 19.5 Å². The van der Waals surface area contributed by atoms with Crippen molar-refractivity contribution in [2.24, 2.45) is 0 Å². The molecule has 1 aromatic carbocycles. The van der Waals surface area contributed by atoms with E-state index in [1.807, 2.05) is 19.1 Å². The number of rotatable bonds is 3. The third-order valence-corrected chi connectivity index (χ3v) is 3.46. The smallest absolute Gasteiger partial charge is 0.137 e. The zero-order valence-corrected chi connectivity index (χ0v) is 11.8. The van der Waals surface area contributed by atoms with Gasteiger partial charge in [-0.25, -0.2) is 0 Å². The monoisotopic (exact) mass is 257 g/mol. The second kappa shape index (κ2) is 5.41. The molecule has 1 atom stereocenters. The summed E-state index contributed by atoms with van der Waals surface area (Å²) >= 11 is 0. The SMILES string of the molecule is COc1cncc(C(O)c2cc(C)c(C)cc2C)c1. The van der Waals surface area contributed by atoms with Crippen LogP contribution in [0.15, 0.2) is 30.6 Å². The maximum Gasteiger partial charge on any atom is 0.137 e. The van der Waals surface area contributed by atoms with E-state index in [-0.39, 0.29) is 0 Å². The summed E-state index contributed by atoms with van der Waals surface area (Å²) in [5.41, 5.74) is 5.15. The van der Waals surface area contributed by atoms with Gasteiger partial charge in [-0.3, -0.25) is 4.98 Å². The average molecular weight is 257 g/mol. The highest BCUT2D eigenvalue weighted by molar-refractivity contribution is 5.41. The van der Waals surface area contributed by atoms with Crippen molar-refractivity contribution in [3.05, 3.63) is 58.4 Å². The van der Waals surface area contributed by atoms with Crippen LogP contribution in [0.5, 0.6) is 5.75 Å². The van der Waals surface area contributed by atoms with Gasteiger partial charge in [-0.1, -0.05) is 12.1 Å². The molecular formula is C16H19NO2. The van der Waals surface area contributed by atoms with Crippen molar-refractivity contribution in [1.82, 2.24) is 4.98 Å². The van der Waals surface area contributed by atoms with Crippen molar-refractivity contribution in [2.75, 3.05) is 7.11 Å². The molecule has 3 heteroatoms. The topological polar surface area (TPSA) is 42.4 Å². The normalized spacial score (nSPS) is 12.3. The molecule has 1 unspecified atom stereocenters. The van der Waals surface area contributed by atoms with E-state index in [0.717, 1.165) is 16.7 Å². The molecule has 0 saturated heterocycles. The molecule has 0 amide bonds. The van der Waals surface area contributed by atoms with Gasteiger partial charge in [0.1, 0.15) is 11.9 Å². The minimum Gasteiger partial charge on any atom is -0.495 e. The molecule has 19 heavy (non-hydrogen) atoms. The van der Waals surface area contributed by atoms with Gasteiger partial charge in [0.15, 0.2) is 0 Å². The summed E-state index contributed by atoms with van der Waals surface area (Å²) in [4.78, 5) is 4.09. The molecule has 1 aromatic heterocycles. The molecule has 100 valence electrons. The number of aliphatic hydroxyl groups is 1. The Morgan fingerprint density at radius 3 is 2.37 bits per heavy atom. The van der Waals surface area contributed by atoms with E-state index in [1.165, 1.54) is 11.1 Å². The molecule has 0 aliphatic carbocycles. The number of benzene rings is 1. The number of hydrogen-bond acceptors (Lipinski definition) is 3. The van der Waals surface area contributed by atoms with Gasteiger partial charge in [-0.2, -0.15) is 0 Å². The predicted molar refractivity (Wildman–Crippen MR) is 75.5 cm³/mol. The predicted octanol–water partition coefficient (Wildman–Crippen LogP) is 3.10. The van der Waals surface area contributed by atoms with Crippen LogP contribution in [0.1, 0.15) is 33.9 Å². The van der Waals surface area contributed by atoms with Crippen molar-refractivity contribution in [3.63, 3.8) is 0 Å². The summed E-state index contributed by atoms with van der Waals surface area (Å²) in [5.74, 6) is 0.651. The molecule has 0 saturated carbocycles. The number of methoxy groups -OCH3 is 1. The van der Waals surface area contributed by atoms with Crippen molar-refractivity contribution < 1.29 is 9.84 Å². The van der Waals surface area contributed by atoms with Crippen LogP contribution in [0, 0.1) is 20.8 Å². The molecule has 0 bridgehead atoms. The molecule has 2 aromatic rings. The largest absolute Gasteiger partial charge is 0.495 e. The molecule has 0 radical (unpaired) electrons. The minimum atomic E-state index is -0.679. The van der Waals surface area contributed by atoms with Gasteiger partial charge in [0.25, 0.3) is 0 Å². The minimum absolute atomic E-state index is 0.651. The molecule has 1 heterocycles. The van der Waals surface area contributed by atoms with Crippen LogP contribution in [0.25, 0.3) is 0 Å². The lowest BCUT2D eigenvalue weighted by Crippen LogP contribution is -2.04. The summed E-state index contributed by atoms with van der Waals surface area (Å²) in [6.45, 7) is 6.14. The van der Waals surface area contributed by atoms with E-state index >= 15 is 0 Å². The summed E-state index contributed by atoms with van der Waals surface area (Å²) < 4.78 is 5.14. The van der Waals surface area contributed by atoms with Crippen molar-refractivity contribution in [3.8, 4) is 5.75 Å². The Hall–Kier alpha value is -1.87. The Kier molecular flexibility index (Phi) is 3.86. The van der Waals surface area contributed by atoms with Gasteiger partial charge in [-0.05, 0) is 49.1 Å². The lowest BCUT2D eigenvalue weighted by atomic mass is 9.94. The van der Waals surface area contributed by atoms with Gasteiger partial charge < -0.3 is 9.84 Å². The molecule has 0 spiro atoms. The fraction of sp³-hybridized carbons (Fsp3) is 0.312. The first-order valence-electron chi connectivity index (χ1n) is 6.27. The summed E-state index contributed by atoms with van der Waals surface area (Å²) in [7, 11) is 1.59. The number of aryl methyl sites for hydroxylation is 3. The van der Waals surface area contributed by atoms with Crippen LogP contribution in [0.3, 0.4) is 0 Å². The second-order valence-corrected chi connectivity index (χ2v) is 4.85. The van der Waals surface area contributed by atoms with Crippen molar-refractivity contribution in [1.29, 1.82) is 0 Å². The molecule has 2 rings (SSSR count). The van der Waals surface area contributed by atoms with Crippen LogP contribution < -0.4 is 4.74 Å². The summed E-state index contributed by atoms with van der Waals surface area (Å²) in [6.07, 6.45) is 2.62. The van der Waals surface area contributed by atoms with E-state index in [0.29, 0.717) is 5.75 Å². The molecule has 3 nitrogen and oxygen atoms in total. The van der Waals surface area contributed by atoms with E-state index in [2.05, 4.69) is 24.9 Å². The fourth-order valence-electron chi connectivity index (χ4n) is 2.15. The fourth-order valence-corrected chi connectivity index (χ4v) is 2.15. The second-order valence-electron chi connectivity index (χ2n) is 4.85. The molecule has 0 aliphatic rings. The highest BCUT2D eigenvalue weighted by Crippen LogP contribution is 2.28. The Bertz CT molecular complexity index is 593. The average Bonchev–Trinajstić information content (AvgIpc) is 2.42. The zero-order chi connectivity index (χ0) is 14.0. The van der Waals surface area contributed by atoms with E-state index in [9.17, 15) is 5.11 Å². The van der Waals surface area contributed by atoms with Crippen LogP contribution in [-0.4, -0.2) is 17.2 Å². The first-order chi connectivity index (χ1) is 9.02. The highest BCUT2D eigenvalue weighted by Gasteiger charge is 2.15. The Balaban J connectivity index is 2.43. The lowest BCUT2D eigenvalue weighted by Gasteiger charge is -2.16. The third kappa shape index (κ3) is 2.76. The van der Waals surface area contributed by atoms with Gasteiger partial charge in [0, 0.05) is 11.8 Å². The number of aliphatic hydroxyl groups excluding tert-OH is 1. The van der Waals surface area contributed by atoms with Crippen LogP contribution >= 0.6 is 0 Å². The quantitative estimate of drug-likeness (QED) is 0.918. The van der Waals surface area contributed by atoms with Crippen LogP contribution in [0.2, 0.25) is 0 Å². The maximum atomic E-state index is 10.5. The van der Waals surface area contributed by atoms with E-state index in [4.69, 9.17) is 4.74 Å².